The number of thiol groups is 2. The molecular weight excluding hydrogens is 278 g/mol. The van der Waals surface area contributed by atoms with Crippen LogP contribution in [0.2, 0.25) is 0 Å². The van der Waals surface area contributed by atoms with Gasteiger partial charge in [-0.3, -0.25) is 14.4 Å². The first-order valence-electron chi connectivity index (χ1n) is 5.14. The Morgan fingerprint density at radius 1 is 1.17 bits per heavy atom. The summed E-state index contributed by atoms with van der Waals surface area (Å²) in [6, 6.07) is -2.82. The minimum Gasteiger partial charge on any atom is -0.480 e. The minimum atomic E-state index is -1.17. The molecule has 0 spiro atoms. The number of aliphatic carboxylic acids is 1. The van der Waals surface area contributed by atoms with Crippen molar-refractivity contribution in [1.82, 2.24) is 10.6 Å². The van der Waals surface area contributed by atoms with Crippen LogP contribution in [0, 0.1) is 0 Å². The summed E-state index contributed by atoms with van der Waals surface area (Å²) in [7, 11) is 0. The maximum Gasteiger partial charge on any atom is 0.325 e. The summed E-state index contributed by atoms with van der Waals surface area (Å²) in [4.78, 5) is 33.7. The Morgan fingerprint density at radius 2 is 1.72 bits per heavy atom. The first-order chi connectivity index (χ1) is 8.33. The molecule has 0 saturated carbocycles. The van der Waals surface area contributed by atoms with Gasteiger partial charge in [-0.15, -0.1) is 0 Å². The molecule has 0 aromatic carbocycles. The molecule has 18 heavy (non-hydrogen) atoms. The molecule has 0 aliphatic heterocycles. The van der Waals surface area contributed by atoms with Crippen molar-refractivity contribution in [2.24, 2.45) is 5.73 Å². The predicted octanol–water partition coefficient (Wildman–Crippen LogP) is -1.75. The largest absolute Gasteiger partial charge is 0.480 e. The first-order valence-corrected chi connectivity index (χ1v) is 6.40. The van der Waals surface area contributed by atoms with Crippen LogP contribution in [0.5, 0.6) is 0 Å². The van der Waals surface area contributed by atoms with E-state index in [1.54, 1.807) is 0 Å². The average molecular weight is 295 g/mol. The molecule has 0 fully saturated rings. The molecule has 0 heterocycles. The van der Waals surface area contributed by atoms with Crippen LogP contribution < -0.4 is 16.4 Å². The smallest absolute Gasteiger partial charge is 0.325 e. The Morgan fingerprint density at radius 3 is 2.11 bits per heavy atom. The fraction of sp³-hybridized carbons (Fsp3) is 0.667. The van der Waals surface area contributed by atoms with E-state index in [1.807, 2.05) is 0 Å². The maximum atomic E-state index is 11.6. The summed E-state index contributed by atoms with van der Waals surface area (Å²) in [5.41, 5.74) is 5.43. The number of hydrogen-bond donors (Lipinski definition) is 6. The van der Waals surface area contributed by atoms with E-state index in [2.05, 4.69) is 35.9 Å². The Bertz CT molecular complexity index is 327. The van der Waals surface area contributed by atoms with Gasteiger partial charge < -0.3 is 21.5 Å². The van der Waals surface area contributed by atoms with E-state index in [1.165, 1.54) is 6.92 Å². The number of nitrogens with one attached hydrogen (secondary N) is 2. The van der Waals surface area contributed by atoms with Gasteiger partial charge in [0.25, 0.3) is 0 Å². The van der Waals surface area contributed by atoms with Crippen molar-refractivity contribution >= 4 is 43.0 Å². The Balaban J connectivity index is 4.45. The van der Waals surface area contributed by atoms with Gasteiger partial charge in [0.1, 0.15) is 12.1 Å². The molecule has 7 nitrogen and oxygen atoms in total. The quantitative estimate of drug-likeness (QED) is 0.311. The Kier molecular flexibility index (Phi) is 7.80. The number of amides is 2. The molecule has 3 atom stereocenters. The number of carboxylic acids is 1. The highest BCUT2D eigenvalue weighted by Crippen LogP contribution is 1.93. The molecule has 0 aliphatic rings. The molecule has 2 amide bonds. The maximum absolute atomic E-state index is 11.6. The second kappa shape index (κ2) is 8.22. The van der Waals surface area contributed by atoms with E-state index < -0.39 is 35.9 Å². The lowest BCUT2D eigenvalue weighted by molar-refractivity contribution is -0.141. The highest BCUT2D eigenvalue weighted by molar-refractivity contribution is 7.80. The van der Waals surface area contributed by atoms with E-state index >= 15 is 0 Å². The molecule has 0 aliphatic carbocycles. The van der Waals surface area contributed by atoms with Crippen LogP contribution in [0.3, 0.4) is 0 Å². The van der Waals surface area contributed by atoms with Crippen LogP contribution in [0.15, 0.2) is 0 Å². The van der Waals surface area contributed by atoms with Crippen molar-refractivity contribution in [1.29, 1.82) is 0 Å². The number of hydrogen-bond acceptors (Lipinski definition) is 6. The van der Waals surface area contributed by atoms with Crippen molar-refractivity contribution in [3.8, 4) is 0 Å². The third-order valence-electron chi connectivity index (χ3n) is 2.08. The van der Waals surface area contributed by atoms with E-state index in [0.717, 1.165) is 0 Å². The van der Waals surface area contributed by atoms with E-state index in [4.69, 9.17) is 10.8 Å². The zero-order chi connectivity index (χ0) is 14.3. The molecule has 0 radical (unpaired) electrons. The lowest BCUT2D eigenvalue weighted by Crippen LogP contribution is -2.55. The van der Waals surface area contributed by atoms with Gasteiger partial charge in [0.2, 0.25) is 11.8 Å². The van der Waals surface area contributed by atoms with Crippen LogP contribution >= 0.6 is 25.3 Å². The SMILES string of the molecule is CC(NC(=O)C(CS)NC(=O)C(N)CS)C(=O)O. The first kappa shape index (κ1) is 17.1. The summed E-state index contributed by atoms with van der Waals surface area (Å²) in [5, 5.41) is 13.2. The summed E-state index contributed by atoms with van der Waals surface area (Å²) < 4.78 is 0. The molecule has 0 saturated heterocycles. The molecule has 9 heteroatoms. The monoisotopic (exact) mass is 295 g/mol. The number of carboxylic acid groups (broad SMARTS) is 1. The van der Waals surface area contributed by atoms with Crippen LogP contribution in [0.25, 0.3) is 0 Å². The molecule has 0 aromatic rings. The van der Waals surface area contributed by atoms with Gasteiger partial charge >= 0.3 is 5.97 Å². The highest BCUT2D eigenvalue weighted by atomic mass is 32.1. The molecule has 104 valence electrons. The molecule has 0 aromatic heterocycles. The normalized spacial score (nSPS) is 15.3. The van der Waals surface area contributed by atoms with Crippen molar-refractivity contribution < 1.29 is 19.5 Å². The van der Waals surface area contributed by atoms with Gasteiger partial charge in [-0.1, -0.05) is 0 Å². The topological polar surface area (TPSA) is 122 Å². The number of carbonyl (C=O) groups is 3. The van der Waals surface area contributed by atoms with Gasteiger partial charge in [0.05, 0.1) is 6.04 Å². The number of carbonyl (C=O) groups excluding carboxylic acids is 2. The molecule has 0 rings (SSSR count). The van der Waals surface area contributed by atoms with Gasteiger partial charge in [0.15, 0.2) is 0 Å². The summed E-state index contributed by atoms with van der Waals surface area (Å²) in [6.45, 7) is 1.32. The van der Waals surface area contributed by atoms with Crippen LogP contribution in [-0.2, 0) is 14.4 Å². The van der Waals surface area contributed by atoms with E-state index in [0.29, 0.717) is 0 Å². The summed E-state index contributed by atoms with van der Waals surface area (Å²) in [5.74, 6) is -2.16. The van der Waals surface area contributed by atoms with Gasteiger partial charge in [0, 0.05) is 11.5 Å². The third kappa shape index (κ3) is 5.61. The van der Waals surface area contributed by atoms with Crippen LogP contribution in [-0.4, -0.2) is 52.5 Å². The average Bonchev–Trinajstić information content (AvgIpc) is 2.33. The predicted molar refractivity (Wildman–Crippen MR) is 72.9 cm³/mol. The van der Waals surface area contributed by atoms with Crippen molar-refractivity contribution in [2.75, 3.05) is 11.5 Å². The zero-order valence-electron chi connectivity index (χ0n) is 9.79. The molecule has 5 N–H and O–H groups in total. The summed E-state index contributed by atoms with van der Waals surface area (Å²) in [6.07, 6.45) is 0. The van der Waals surface area contributed by atoms with Gasteiger partial charge in [-0.25, -0.2) is 0 Å². The number of nitrogens with two attached hydrogens (primary N) is 1. The highest BCUT2D eigenvalue weighted by Gasteiger charge is 2.24. The van der Waals surface area contributed by atoms with Crippen molar-refractivity contribution in [2.45, 2.75) is 25.0 Å². The second-order valence-corrected chi connectivity index (χ2v) is 4.33. The molecule has 0 bridgehead atoms. The standard InChI is InChI=1S/C9H17N3O4S2/c1-4(9(15)16)11-8(14)6(3-18)12-7(13)5(10)2-17/h4-6,17-18H,2-3,10H2,1H3,(H,11,14)(H,12,13)(H,15,16). The fourth-order valence-electron chi connectivity index (χ4n) is 0.931. The van der Waals surface area contributed by atoms with Gasteiger partial charge in [-0.2, -0.15) is 25.3 Å². The fourth-order valence-corrected chi connectivity index (χ4v) is 1.35. The van der Waals surface area contributed by atoms with E-state index in [9.17, 15) is 14.4 Å². The number of rotatable bonds is 7. The third-order valence-corrected chi connectivity index (χ3v) is 2.84. The Hall–Kier alpha value is -0.930. The Labute approximate surface area is 116 Å². The lowest BCUT2D eigenvalue weighted by atomic mass is 10.2. The van der Waals surface area contributed by atoms with Crippen molar-refractivity contribution in [3.63, 3.8) is 0 Å². The molecular formula is C9H17N3O4S2. The van der Waals surface area contributed by atoms with Crippen LogP contribution in [0.4, 0.5) is 0 Å². The lowest BCUT2D eigenvalue weighted by Gasteiger charge is -2.19. The summed E-state index contributed by atoms with van der Waals surface area (Å²) >= 11 is 7.78. The second-order valence-electron chi connectivity index (χ2n) is 3.60. The zero-order valence-corrected chi connectivity index (χ0v) is 11.6. The van der Waals surface area contributed by atoms with E-state index in [-0.39, 0.29) is 11.5 Å². The van der Waals surface area contributed by atoms with Crippen molar-refractivity contribution in [3.05, 3.63) is 0 Å². The van der Waals surface area contributed by atoms with Gasteiger partial charge in [-0.05, 0) is 6.92 Å². The van der Waals surface area contributed by atoms with Crippen LogP contribution in [0.1, 0.15) is 6.92 Å². The minimum absolute atomic E-state index is 0.0310. The molecule has 3 unspecified atom stereocenters.